The number of benzene rings is 1. The van der Waals surface area contributed by atoms with Gasteiger partial charge < -0.3 is 10.2 Å². The van der Waals surface area contributed by atoms with Crippen LogP contribution in [0, 0.1) is 0 Å². The molecule has 2 aromatic heterocycles. The Bertz CT molecular complexity index is 830. The van der Waals surface area contributed by atoms with Crippen LogP contribution in [0.1, 0.15) is 15.2 Å². The van der Waals surface area contributed by atoms with Crippen molar-refractivity contribution in [1.29, 1.82) is 0 Å². The second-order valence-corrected chi connectivity index (χ2v) is 7.67. The van der Waals surface area contributed by atoms with Crippen molar-refractivity contribution in [3.63, 3.8) is 0 Å². The van der Waals surface area contributed by atoms with Gasteiger partial charge in [0.25, 0.3) is 5.91 Å². The minimum Gasteiger partial charge on any atom is -0.363 e. The average molecular weight is 370 g/mol. The summed E-state index contributed by atoms with van der Waals surface area (Å²) in [5.74, 6) is 1.60. The minimum absolute atomic E-state index is 0.117. The number of thiophene rings is 1. The molecular weight excluding hydrogens is 350 g/mol. The fourth-order valence-electron chi connectivity index (χ4n) is 2.25. The van der Waals surface area contributed by atoms with Crippen LogP contribution in [0.3, 0.4) is 0 Å². The molecule has 0 unspecified atom stereocenters. The monoisotopic (exact) mass is 369 g/mol. The number of hydrogen-bond donors (Lipinski definition) is 1. The van der Waals surface area contributed by atoms with Crippen molar-refractivity contribution in [2.45, 2.75) is 10.6 Å². The number of nitrogens with zero attached hydrogens (tertiary/aromatic N) is 2. The number of pyridine rings is 1. The first kappa shape index (κ1) is 17.5. The Morgan fingerprint density at radius 1 is 1.16 bits per heavy atom. The van der Waals surface area contributed by atoms with Crippen LogP contribution in [-0.4, -0.2) is 25.0 Å². The van der Waals surface area contributed by atoms with Crippen molar-refractivity contribution in [3.8, 4) is 0 Å². The van der Waals surface area contributed by atoms with Gasteiger partial charge in [0.05, 0.1) is 17.4 Å². The van der Waals surface area contributed by atoms with Gasteiger partial charge in [-0.25, -0.2) is 4.98 Å². The summed E-state index contributed by atoms with van der Waals surface area (Å²) in [4.78, 5) is 21.2. The van der Waals surface area contributed by atoms with Crippen molar-refractivity contribution in [2.75, 3.05) is 24.3 Å². The Morgan fingerprint density at radius 2 is 2.00 bits per heavy atom. The maximum atomic E-state index is 12.7. The van der Waals surface area contributed by atoms with Gasteiger partial charge in [-0.15, -0.1) is 23.1 Å². The number of thioether (sulfide) groups is 1. The van der Waals surface area contributed by atoms with Gasteiger partial charge in [-0.1, -0.05) is 18.2 Å². The fourth-order valence-corrected chi connectivity index (χ4v) is 4.07. The van der Waals surface area contributed by atoms with E-state index in [0.717, 1.165) is 16.5 Å². The first-order valence-corrected chi connectivity index (χ1v) is 9.69. The molecule has 0 spiro atoms. The summed E-state index contributed by atoms with van der Waals surface area (Å²) in [6.45, 7) is 0. The molecule has 0 saturated carbocycles. The fraction of sp³-hybridized carbons (Fsp3) is 0.158. The van der Waals surface area contributed by atoms with Crippen molar-refractivity contribution in [2.24, 2.45) is 0 Å². The number of hydrogen-bond acceptors (Lipinski definition) is 5. The van der Waals surface area contributed by atoms with E-state index in [1.807, 2.05) is 61.5 Å². The van der Waals surface area contributed by atoms with Crippen LogP contribution in [0.5, 0.6) is 0 Å². The zero-order valence-electron chi connectivity index (χ0n) is 14.1. The van der Waals surface area contributed by atoms with Crippen LogP contribution < -0.4 is 10.2 Å². The van der Waals surface area contributed by atoms with E-state index in [1.165, 1.54) is 4.88 Å². The molecule has 3 rings (SSSR count). The van der Waals surface area contributed by atoms with Crippen molar-refractivity contribution in [1.82, 2.24) is 4.98 Å². The zero-order chi connectivity index (χ0) is 17.6. The summed E-state index contributed by atoms with van der Waals surface area (Å²) in [5, 5.41) is 5.00. The number of carbonyl (C=O) groups excluding carboxylic acids is 1. The molecule has 0 atom stereocenters. The van der Waals surface area contributed by atoms with Gasteiger partial charge in [-0.2, -0.15) is 0 Å². The third kappa shape index (κ3) is 4.61. The van der Waals surface area contributed by atoms with Gasteiger partial charge in [-0.3, -0.25) is 4.79 Å². The van der Waals surface area contributed by atoms with Crippen molar-refractivity contribution >= 4 is 40.5 Å². The lowest BCUT2D eigenvalue weighted by Gasteiger charge is -2.12. The third-order valence-electron chi connectivity index (χ3n) is 3.55. The van der Waals surface area contributed by atoms with Gasteiger partial charge in [0.2, 0.25) is 0 Å². The van der Waals surface area contributed by atoms with E-state index in [1.54, 1.807) is 29.3 Å². The molecule has 25 heavy (non-hydrogen) atoms. The van der Waals surface area contributed by atoms with Crippen LogP contribution in [0.15, 0.2) is 65.0 Å². The molecule has 4 nitrogen and oxygen atoms in total. The average Bonchev–Trinajstić information content (AvgIpc) is 3.14. The Hall–Kier alpha value is -2.31. The first-order chi connectivity index (χ1) is 12.1. The highest BCUT2D eigenvalue weighted by atomic mass is 32.2. The molecule has 0 saturated heterocycles. The van der Waals surface area contributed by atoms with Gasteiger partial charge in [-0.05, 0) is 35.7 Å². The molecule has 2 heterocycles. The normalized spacial score (nSPS) is 10.5. The molecule has 6 heteroatoms. The predicted octanol–water partition coefficient (Wildman–Crippen LogP) is 4.75. The van der Waals surface area contributed by atoms with Gasteiger partial charge in [0.1, 0.15) is 5.82 Å². The lowest BCUT2D eigenvalue weighted by Crippen LogP contribution is -2.14. The largest absolute Gasteiger partial charge is 0.363 e. The Kier molecular flexibility index (Phi) is 5.73. The van der Waals surface area contributed by atoms with E-state index in [0.29, 0.717) is 11.3 Å². The molecule has 0 fully saturated rings. The van der Waals surface area contributed by atoms with Crippen LogP contribution in [-0.2, 0) is 5.75 Å². The summed E-state index contributed by atoms with van der Waals surface area (Å²) in [6.07, 6.45) is 1.68. The summed E-state index contributed by atoms with van der Waals surface area (Å²) >= 11 is 3.41. The van der Waals surface area contributed by atoms with Crippen LogP contribution in [0.25, 0.3) is 0 Å². The molecule has 0 aliphatic rings. The standard InChI is InChI=1S/C19H19N3OS2/c1-22(2)18-10-9-14(12-20-18)21-19(23)16-7-3-4-8-17(16)25-13-15-6-5-11-24-15/h3-12H,13H2,1-2H3,(H,21,23). The summed E-state index contributed by atoms with van der Waals surface area (Å²) < 4.78 is 0. The van der Waals surface area contributed by atoms with Crippen molar-refractivity contribution < 1.29 is 4.79 Å². The van der Waals surface area contributed by atoms with E-state index < -0.39 is 0 Å². The number of carbonyl (C=O) groups is 1. The van der Waals surface area contributed by atoms with Crippen LogP contribution in [0.2, 0.25) is 0 Å². The minimum atomic E-state index is -0.117. The zero-order valence-corrected chi connectivity index (χ0v) is 15.7. The molecule has 3 aromatic rings. The van der Waals surface area contributed by atoms with Crippen molar-refractivity contribution in [3.05, 3.63) is 70.5 Å². The van der Waals surface area contributed by atoms with Gasteiger partial charge in [0, 0.05) is 29.6 Å². The quantitative estimate of drug-likeness (QED) is 0.637. The van der Waals surface area contributed by atoms with Crippen LogP contribution >= 0.6 is 23.1 Å². The molecule has 0 aliphatic heterocycles. The predicted molar refractivity (Wildman–Crippen MR) is 107 cm³/mol. The molecule has 1 N–H and O–H groups in total. The maximum Gasteiger partial charge on any atom is 0.256 e. The topological polar surface area (TPSA) is 45.2 Å². The third-order valence-corrected chi connectivity index (χ3v) is 5.73. The highest BCUT2D eigenvalue weighted by molar-refractivity contribution is 7.98. The molecule has 1 aromatic carbocycles. The SMILES string of the molecule is CN(C)c1ccc(NC(=O)c2ccccc2SCc2cccs2)cn1. The Labute approximate surface area is 155 Å². The molecule has 0 bridgehead atoms. The molecule has 1 amide bonds. The lowest BCUT2D eigenvalue weighted by molar-refractivity contribution is 0.102. The smallest absolute Gasteiger partial charge is 0.256 e. The summed E-state index contributed by atoms with van der Waals surface area (Å²) in [6, 6.07) is 15.6. The first-order valence-electron chi connectivity index (χ1n) is 7.82. The van der Waals surface area contributed by atoms with Gasteiger partial charge in [0.15, 0.2) is 0 Å². The Balaban J connectivity index is 1.71. The number of anilines is 2. The number of rotatable bonds is 6. The van der Waals surface area contributed by atoms with Gasteiger partial charge >= 0.3 is 0 Å². The van der Waals surface area contributed by atoms with E-state index in [2.05, 4.69) is 21.7 Å². The number of nitrogens with one attached hydrogen (secondary N) is 1. The van der Waals surface area contributed by atoms with E-state index >= 15 is 0 Å². The highest BCUT2D eigenvalue weighted by Crippen LogP contribution is 2.28. The number of amides is 1. The lowest BCUT2D eigenvalue weighted by atomic mass is 10.2. The second-order valence-electron chi connectivity index (χ2n) is 5.62. The van der Waals surface area contributed by atoms with E-state index in [9.17, 15) is 4.79 Å². The Morgan fingerprint density at radius 3 is 2.68 bits per heavy atom. The summed E-state index contributed by atoms with van der Waals surface area (Å²) in [5.41, 5.74) is 1.37. The highest BCUT2D eigenvalue weighted by Gasteiger charge is 2.12. The molecule has 0 aliphatic carbocycles. The molecular formula is C19H19N3OS2. The molecule has 128 valence electrons. The van der Waals surface area contributed by atoms with E-state index in [4.69, 9.17) is 0 Å². The maximum absolute atomic E-state index is 12.7. The van der Waals surface area contributed by atoms with Crippen LogP contribution in [0.4, 0.5) is 11.5 Å². The number of aromatic nitrogens is 1. The second kappa shape index (κ2) is 8.18. The summed E-state index contributed by atoms with van der Waals surface area (Å²) in [7, 11) is 3.86. The molecule has 0 radical (unpaired) electrons. The van der Waals surface area contributed by atoms with E-state index in [-0.39, 0.29) is 5.91 Å².